The van der Waals surface area contributed by atoms with Gasteiger partial charge in [-0.3, -0.25) is 0 Å². The van der Waals surface area contributed by atoms with Gasteiger partial charge in [-0.05, 0) is 92.9 Å². The molecular formula is C44H36IrN2-2. The fourth-order valence-electron chi connectivity index (χ4n) is 7.20. The number of rotatable bonds is 2. The van der Waals surface area contributed by atoms with Crippen molar-refractivity contribution in [2.24, 2.45) is 0 Å². The van der Waals surface area contributed by atoms with Crippen LogP contribution in [0.3, 0.4) is 0 Å². The summed E-state index contributed by atoms with van der Waals surface area (Å²) in [5, 5.41) is 5.09. The molecule has 0 aliphatic heterocycles. The normalized spacial score (nSPS) is 12.9. The average molecular weight is 785 g/mol. The maximum absolute atomic E-state index is 4.89. The molecule has 2 aromatic heterocycles. The van der Waals surface area contributed by atoms with Crippen LogP contribution in [0.1, 0.15) is 48.6 Å². The van der Waals surface area contributed by atoms with Crippen molar-refractivity contribution in [3.63, 3.8) is 0 Å². The molecule has 0 atom stereocenters. The van der Waals surface area contributed by atoms with Crippen LogP contribution in [0.25, 0.3) is 55.2 Å². The molecule has 5 aromatic carbocycles. The van der Waals surface area contributed by atoms with E-state index in [-0.39, 0.29) is 25.5 Å². The van der Waals surface area contributed by atoms with Crippen molar-refractivity contribution in [1.82, 2.24) is 9.97 Å². The summed E-state index contributed by atoms with van der Waals surface area (Å²) < 4.78 is 0. The Hall–Kier alpha value is -4.43. The fraction of sp³-hybridized carbons (Fsp3) is 0.182. The van der Waals surface area contributed by atoms with E-state index in [1.54, 1.807) is 6.20 Å². The molecule has 9 rings (SSSR count). The zero-order valence-electron chi connectivity index (χ0n) is 27.0. The molecule has 0 bridgehead atoms. The number of pyridine rings is 2. The molecule has 0 saturated carbocycles. The van der Waals surface area contributed by atoms with Crippen LogP contribution in [0.4, 0.5) is 0 Å². The van der Waals surface area contributed by atoms with Gasteiger partial charge < -0.3 is 9.97 Å². The number of hydrogen-bond acceptors (Lipinski definition) is 2. The third kappa shape index (κ3) is 5.84. The number of aryl methyl sites for hydroxylation is 4. The van der Waals surface area contributed by atoms with Gasteiger partial charge in [0.2, 0.25) is 0 Å². The van der Waals surface area contributed by atoms with Gasteiger partial charge in [-0.1, -0.05) is 92.6 Å². The van der Waals surface area contributed by atoms with Crippen molar-refractivity contribution in [3.8, 4) is 33.6 Å². The van der Waals surface area contributed by atoms with Gasteiger partial charge >= 0.3 is 0 Å². The molecule has 2 nitrogen and oxygen atoms in total. The predicted octanol–water partition coefficient (Wildman–Crippen LogP) is 10.6. The first-order valence-electron chi connectivity index (χ1n) is 16.3. The van der Waals surface area contributed by atoms with E-state index in [2.05, 4.69) is 98.6 Å². The summed E-state index contributed by atoms with van der Waals surface area (Å²) in [5.74, 6) is 0. The van der Waals surface area contributed by atoms with Crippen molar-refractivity contribution in [2.75, 3.05) is 0 Å². The molecule has 0 amide bonds. The number of benzene rings is 5. The molecule has 0 spiro atoms. The van der Waals surface area contributed by atoms with E-state index in [9.17, 15) is 0 Å². The molecule has 2 aliphatic rings. The summed E-state index contributed by atoms with van der Waals surface area (Å²) in [6, 6.07) is 43.5. The van der Waals surface area contributed by atoms with E-state index in [1.807, 2.05) is 48.7 Å². The van der Waals surface area contributed by atoms with Gasteiger partial charge in [-0.2, -0.15) is 0 Å². The zero-order chi connectivity index (χ0) is 31.3. The molecular weight excluding hydrogens is 749 g/mol. The topological polar surface area (TPSA) is 25.8 Å². The molecule has 7 aromatic rings. The van der Waals surface area contributed by atoms with E-state index in [4.69, 9.17) is 4.98 Å². The fourth-order valence-corrected chi connectivity index (χ4v) is 7.20. The van der Waals surface area contributed by atoms with Gasteiger partial charge in [0.15, 0.2) is 0 Å². The predicted molar refractivity (Wildman–Crippen MR) is 191 cm³/mol. The van der Waals surface area contributed by atoms with E-state index in [0.29, 0.717) is 0 Å². The SMILES string of the molecule is CC(C)(C)c1ccc2c(ccc3c(-c4[c-]c5c6c(c4)CCc4cccc(c4-6)CC5)nccc32)c1.[Ir].[c-]1ccccc1-c1ccccn1. The molecule has 0 saturated heterocycles. The quantitative estimate of drug-likeness (QED) is 0.129. The Balaban J connectivity index is 0.000000228. The number of nitrogens with zero attached hydrogens (tertiary/aromatic N) is 2. The second-order valence-electron chi connectivity index (χ2n) is 13.5. The van der Waals surface area contributed by atoms with Crippen molar-refractivity contribution >= 4 is 21.5 Å². The molecule has 0 fully saturated rings. The Labute approximate surface area is 291 Å². The van der Waals surface area contributed by atoms with E-state index in [0.717, 1.165) is 48.2 Å². The van der Waals surface area contributed by atoms with Crippen LogP contribution in [0.5, 0.6) is 0 Å². The Morgan fingerprint density at radius 3 is 2.15 bits per heavy atom. The van der Waals surface area contributed by atoms with Crippen LogP contribution in [-0.4, -0.2) is 9.97 Å². The summed E-state index contributed by atoms with van der Waals surface area (Å²) in [6.07, 6.45) is 8.17. The maximum atomic E-state index is 4.89. The first-order chi connectivity index (χ1) is 22.4. The number of fused-ring (bicyclic) bond motifs is 3. The van der Waals surface area contributed by atoms with Crippen LogP contribution in [0.15, 0.2) is 116 Å². The van der Waals surface area contributed by atoms with E-state index >= 15 is 0 Å². The third-order valence-corrected chi connectivity index (χ3v) is 9.55. The monoisotopic (exact) mass is 785 g/mol. The van der Waals surface area contributed by atoms with Crippen molar-refractivity contribution < 1.29 is 20.1 Å². The number of hydrogen-bond donors (Lipinski definition) is 0. The Kier molecular flexibility index (Phi) is 8.39. The standard InChI is InChI=1S/C33H28N.C11H8N.Ir/c1-33(2,3)26-12-14-27-22(19-26)11-13-29-28(27)15-16-34-32(29)25-17-23-9-7-20-5-4-6-21-8-10-24(18-25)31(23)30(20)21;1-2-6-10(7-3-1)11-8-4-5-9-12-11;/h4-6,11-17,19H,7-10H2,1-3H3;1-6,8-9H;/q2*-1;. The van der Waals surface area contributed by atoms with Gasteiger partial charge in [-0.15, -0.1) is 64.7 Å². The molecule has 0 N–H and O–H groups in total. The molecule has 1 radical (unpaired) electrons. The Bertz CT molecular complexity index is 2150. The summed E-state index contributed by atoms with van der Waals surface area (Å²) in [5.41, 5.74) is 14.6. The third-order valence-electron chi connectivity index (χ3n) is 9.55. The zero-order valence-corrected chi connectivity index (χ0v) is 29.4. The smallest absolute Gasteiger partial charge is 0.0167 e. The van der Waals surface area contributed by atoms with Gasteiger partial charge in [-0.25, -0.2) is 0 Å². The minimum atomic E-state index is 0. The minimum Gasteiger partial charge on any atom is -0.305 e. The molecule has 3 heteroatoms. The van der Waals surface area contributed by atoms with Crippen LogP contribution >= 0.6 is 0 Å². The number of aromatic nitrogens is 2. The van der Waals surface area contributed by atoms with Crippen LogP contribution in [0, 0.1) is 12.1 Å². The molecule has 2 aliphatic carbocycles. The minimum absolute atomic E-state index is 0. The van der Waals surface area contributed by atoms with E-state index < -0.39 is 0 Å². The van der Waals surface area contributed by atoms with Gasteiger partial charge in [0.05, 0.1) is 0 Å². The van der Waals surface area contributed by atoms with Crippen LogP contribution in [0.2, 0.25) is 0 Å². The van der Waals surface area contributed by atoms with Gasteiger partial charge in [0, 0.05) is 32.5 Å². The molecule has 0 unspecified atom stereocenters. The Morgan fingerprint density at radius 1 is 0.596 bits per heavy atom. The van der Waals surface area contributed by atoms with Gasteiger partial charge in [0.25, 0.3) is 0 Å². The van der Waals surface area contributed by atoms with Gasteiger partial charge in [0.1, 0.15) is 0 Å². The second-order valence-corrected chi connectivity index (χ2v) is 13.5. The summed E-state index contributed by atoms with van der Waals surface area (Å²) in [6.45, 7) is 6.82. The first-order valence-corrected chi connectivity index (χ1v) is 16.3. The van der Waals surface area contributed by atoms with Crippen LogP contribution in [-0.2, 0) is 51.2 Å². The second kappa shape index (κ2) is 12.6. The largest absolute Gasteiger partial charge is 0.305 e. The molecule has 47 heavy (non-hydrogen) atoms. The Morgan fingerprint density at radius 2 is 1.38 bits per heavy atom. The average Bonchev–Trinajstić information content (AvgIpc) is 3.10. The molecule has 233 valence electrons. The maximum Gasteiger partial charge on any atom is 0.0167 e. The van der Waals surface area contributed by atoms with Crippen molar-refractivity contribution in [3.05, 3.63) is 155 Å². The molecule has 2 heterocycles. The van der Waals surface area contributed by atoms with Crippen LogP contribution < -0.4 is 0 Å². The van der Waals surface area contributed by atoms with Crippen molar-refractivity contribution in [2.45, 2.75) is 51.9 Å². The summed E-state index contributed by atoms with van der Waals surface area (Å²) in [4.78, 5) is 9.11. The first kappa shape index (κ1) is 31.2. The summed E-state index contributed by atoms with van der Waals surface area (Å²) in [7, 11) is 0. The van der Waals surface area contributed by atoms with Crippen molar-refractivity contribution in [1.29, 1.82) is 0 Å². The van der Waals surface area contributed by atoms with E-state index in [1.165, 1.54) is 60.5 Å². The summed E-state index contributed by atoms with van der Waals surface area (Å²) >= 11 is 0.